The van der Waals surface area contributed by atoms with Gasteiger partial charge in [-0.15, -0.1) is 0 Å². The standard InChI is InChI=1S/C18H20ClNO2/c1-11-7-12(18(2,3)4)9-14(8-11)20-17(22)15-10-13(19)5-6-16(15)21/h5-10,21H,1-4H3,(H,20,22). The lowest BCUT2D eigenvalue weighted by atomic mass is 9.86. The summed E-state index contributed by atoms with van der Waals surface area (Å²) in [6.07, 6.45) is 0. The number of carbonyl (C=O) groups is 1. The van der Waals surface area contributed by atoms with E-state index in [2.05, 4.69) is 32.2 Å². The molecule has 0 unspecified atom stereocenters. The van der Waals surface area contributed by atoms with Gasteiger partial charge in [-0.1, -0.05) is 38.4 Å². The summed E-state index contributed by atoms with van der Waals surface area (Å²) in [6, 6.07) is 10.4. The zero-order valence-corrected chi connectivity index (χ0v) is 14.0. The minimum absolute atomic E-state index is 0.0102. The molecule has 0 aliphatic heterocycles. The number of phenols is 1. The average molecular weight is 318 g/mol. The van der Waals surface area contributed by atoms with E-state index in [1.54, 1.807) is 0 Å². The lowest BCUT2D eigenvalue weighted by Crippen LogP contribution is -2.15. The molecule has 0 saturated heterocycles. The second-order valence-electron chi connectivity index (χ2n) is 6.45. The highest BCUT2D eigenvalue weighted by molar-refractivity contribution is 6.31. The molecule has 0 aromatic heterocycles. The van der Waals surface area contributed by atoms with Crippen LogP contribution >= 0.6 is 11.6 Å². The Hall–Kier alpha value is -2.00. The zero-order valence-electron chi connectivity index (χ0n) is 13.2. The van der Waals surface area contributed by atoms with E-state index < -0.39 is 0 Å². The van der Waals surface area contributed by atoms with Crippen molar-refractivity contribution < 1.29 is 9.90 Å². The summed E-state index contributed by atoms with van der Waals surface area (Å²) >= 11 is 5.88. The van der Waals surface area contributed by atoms with Gasteiger partial charge in [0.25, 0.3) is 5.91 Å². The zero-order chi connectivity index (χ0) is 16.5. The van der Waals surface area contributed by atoms with E-state index in [0.29, 0.717) is 10.7 Å². The Labute approximate surface area is 135 Å². The van der Waals surface area contributed by atoms with E-state index in [4.69, 9.17) is 11.6 Å². The number of phenolic OH excluding ortho intramolecular Hbond substituents is 1. The van der Waals surface area contributed by atoms with E-state index in [1.807, 2.05) is 19.1 Å². The summed E-state index contributed by atoms with van der Waals surface area (Å²) in [5, 5.41) is 13.0. The molecule has 4 heteroatoms. The molecule has 116 valence electrons. The number of hydrogen-bond acceptors (Lipinski definition) is 2. The second kappa shape index (κ2) is 6.01. The van der Waals surface area contributed by atoms with Crippen LogP contribution in [0.1, 0.15) is 42.3 Å². The molecule has 0 aliphatic carbocycles. The molecule has 2 aromatic rings. The highest BCUT2D eigenvalue weighted by Gasteiger charge is 2.17. The molecule has 0 aliphatic rings. The SMILES string of the molecule is Cc1cc(NC(=O)c2cc(Cl)ccc2O)cc(C(C)(C)C)c1. The third kappa shape index (κ3) is 3.80. The van der Waals surface area contributed by atoms with E-state index in [1.165, 1.54) is 18.2 Å². The third-order valence-corrected chi connectivity index (χ3v) is 3.64. The number of aromatic hydroxyl groups is 1. The molecule has 22 heavy (non-hydrogen) atoms. The first-order chi connectivity index (χ1) is 10.2. The Morgan fingerprint density at radius 1 is 1.14 bits per heavy atom. The quantitative estimate of drug-likeness (QED) is 0.827. The lowest BCUT2D eigenvalue weighted by molar-refractivity contribution is 0.102. The number of anilines is 1. The highest BCUT2D eigenvalue weighted by atomic mass is 35.5. The highest BCUT2D eigenvalue weighted by Crippen LogP contribution is 2.27. The average Bonchev–Trinajstić information content (AvgIpc) is 2.39. The number of hydrogen-bond donors (Lipinski definition) is 2. The molecule has 3 nitrogen and oxygen atoms in total. The fraction of sp³-hybridized carbons (Fsp3) is 0.278. The van der Waals surface area contributed by atoms with Crippen molar-refractivity contribution in [1.29, 1.82) is 0 Å². The van der Waals surface area contributed by atoms with Crippen molar-refractivity contribution in [2.24, 2.45) is 0 Å². The van der Waals surface area contributed by atoms with Crippen molar-refractivity contribution in [3.8, 4) is 5.75 Å². The minimum Gasteiger partial charge on any atom is -0.507 e. The molecular weight excluding hydrogens is 298 g/mol. The van der Waals surface area contributed by atoms with Gasteiger partial charge in [-0.3, -0.25) is 4.79 Å². The van der Waals surface area contributed by atoms with Gasteiger partial charge in [-0.2, -0.15) is 0 Å². The number of carbonyl (C=O) groups excluding carboxylic acids is 1. The van der Waals surface area contributed by atoms with Crippen LogP contribution in [0, 0.1) is 6.92 Å². The van der Waals surface area contributed by atoms with E-state index in [9.17, 15) is 9.90 Å². The second-order valence-corrected chi connectivity index (χ2v) is 6.89. The molecule has 0 radical (unpaired) electrons. The fourth-order valence-electron chi connectivity index (χ4n) is 2.18. The maximum atomic E-state index is 12.3. The normalized spacial score (nSPS) is 11.3. The van der Waals surface area contributed by atoms with Gasteiger partial charge < -0.3 is 10.4 Å². The van der Waals surface area contributed by atoms with Gasteiger partial charge in [-0.05, 0) is 53.8 Å². The molecule has 2 N–H and O–H groups in total. The Bertz CT molecular complexity index is 718. The molecule has 0 bridgehead atoms. The van der Waals surface area contributed by atoms with Crippen LogP contribution in [0.15, 0.2) is 36.4 Å². The minimum atomic E-state index is -0.384. The van der Waals surface area contributed by atoms with Crippen LogP contribution in [-0.2, 0) is 5.41 Å². The van der Waals surface area contributed by atoms with Crippen molar-refractivity contribution in [3.05, 3.63) is 58.1 Å². The topological polar surface area (TPSA) is 49.3 Å². The van der Waals surface area contributed by atoms with Crippen LogP contribution in [0.4, 0.5) is 5.69 Å². The summed E-state index contributed by atoms with van der Waals surface area (Å²) in [4.78, 5) is 12.3. The molecule has 2 rings (SSSR count). The van der Waals surface area contributed by atoms with Crippen molar-refractivity contribution in [2.75, 3.05) is 5.32 Å². The summed E-state index contributed by atoms with van der Waals surface area (Å²) in [7, 11) is 0. The summed E-state index contributed by atoms with van der Waals surface area (Å²) in [6.45, 7) is 8.35. The largest absolute Gasteiger partial charge is 0.507 e. The number of nitrogens with one attached hydrogen (secondary N) is 1. The monoisotopic (exact) mass is 317 g/mol. The van der Waals surface area contributed by atoms with E-state index >= 15 is 0 Å². The fourth-order valence-corrected chi connectivity index (χ4v) is 2.35. The van der Waals surface area contributed by atoms with Crippen molar-refractivity contribution in [2.45, 2.75) is 33.1 Å². The Balaban J connectivity index is 2.32. The molecule has 1 amide bonds. The van der Waals surface area contributed by atoms with Gasteiger partial charge in [0.05, 0.1) is 5.56 Å². The summed E-state index contributed by atoms with van der Waals surface area (Å²) in [5.74, 6) is -0.476. The molecule has 0 spiro atoms. The first kappa shape index (κ1) is 16.4. The first-order valence-electron chi connectivity index (χ1n) is 7.09. The number of amides is 1. The Kier molecular flexibility index (Phi) is 4.47. The number of aryl methyl sites for hydroxylation is 1. The van der Waals surface area contributed by atoms with Gasteiger partial charge in [0.2, 0.25) is 0 Å². The van der Waals surface area contributed by atoms with Crippen molar-refractivity contribution >= 4 is 23.2 Å². The first-order valence-corrected chi connectivity index (χ1v) is 7.46. The molecular formula is C18H20ClNO2. The maximum Gasteiger partial charge on any atom is 0.259 e. The van der Waals surface area contributed by atoms with Crippen LogP contribution in [-0.4, -0.2) is 11.0 Å². The van der Waals surface area contributed by atoms with Crippen LogP contribution in [0.3, 0.4) is 0 Å². The predicted molar refractivity (Wildman–Crippen MR) is 90.9 cm³/mol. The molecule has 0 heterocycles. The number of benzene rings is 2. The van der Waals surface area contributed by atoms with Gasteiger partial charge >= 0.3 is 0 Å². The smallest absolute Gasteiger partial charge is 0.259 e. The summed E-state index contributed by atoms with van der Waals surface area (Å²) in [5.41, 5.74) is 3.06. The van der Waals surface area contributed by atoms with Crippen LogP contribution in [0.25, 0.3) is 0 Å². The summed E-state index contributed by atoms with van der Waals surface area (Å²) < 4.78 is 0. The van der Waals surface area contributed by atoms with Gasteiger partial charge in [0.15, 0.2) is 0 Å². The van der Waals surface area contributed by atoms with Gasteiger partial charge in [0, 0.05) is 10.7 Å². The molecule has 0 fully saturated rings. The van der Waals surface area contributed by atoms with Gasteiger partial charge in [-0.25, -0.2) is 0 Å². The Morgan fingerprint density at radius 3 is 2.45 bits per heavy atom. The van der Waals surface area contributed by atoms with Crippen LogP contribution in [0.2, 0.25) is 5.02 Å². The maximum absolute atomic E-state index is 12.3. The lowest BCUT2D eigenvalue weighted by Gasteiger charge is -2.21. The molecule has 0 atom stereocenters. The van der Waals surface area contributed by atoms with E-state index in [0.717, 1.165) is 11.1 Å². The van der Waals surface area contributed by atoms with Crippen LogP contribution in [0.5, 0.6) is 5.75 Å². The molecule has 2 aromatic carbocycles. The van der Waals surface area contributed by atoms with Crippen LogP contribution < -0.4 is 5.32 Å². The predicted octanol–water partition coefficient (Wildman–Crippen LogP) is 4.90. The van der Waals surface area contributed by atoms with Gasteiger partial charge in [0.1, 0.15) is 5.75 Å². The van der Waals surface area contributed by atoms with E-state index in [-0.39, 0.29) is 22.6 Å². The third-order valence-electron chi connectivity index (χ3n) is 3.40. The Morgan fingerprint density at radius 2 is 1.82 bits per heavy atom. The number of rotatable bonds is 2. The number of halogens is 1. The van der Waals surface area contributed by atoms with Crippen molar-refractivity contribution in [3.63, 3.8) is 0 Å². The molecule has 0 saturated carbocycles. The van der Waals surface area contributed by atoms with Crippen molar-refractivity contribution in [1.82, 2.24) is 0 Å².